The van der Waals surface area contributed by atoms with Crippen molar-refractivity contribution >= 4 is 34.0 Å². The maximum Gasteiger partial charge on any atom is 0.340 e. The maximum atomic E-state index is 14.0. The number of ether oxygens (including phenoxy) is 1. The number of nitrogens with one attached hydrogen (secondary N) is 1. The summed E-state index contributed by atoms with van der Waals surface area (Å²) in [6.07, 6.45) is 1.70. The third kappa shape index (κ3) is 5.49. The van der Waals surface area contributed by atoms with E-state index in [1.54, 1.807) is 17.8 Å². The molecule has 0 aliphatic carbocycles. The number of hydrogen-bond donors (Lipinski definition) is 1. The number of anilines is 1. The number of carbonyl (C=O) groups is 1. The lowest BCUT2D eigenvalue weighted by atomic mass is 9.97. The van der Waals surface area contributed by atoms with Gasteiger partial charge in [0.2, 0.25) is 5.43 Å². The van der Waals surface area contributed by atoms with Crippen molar-refractivity contribution in [2.24, 2.45) is 0 Å². The first-order valence-electron chi connectivity index (χ1n) is 12.8. The van der Waals surface area contributed by atoms with E-state index >= 15 is 0 Å². The Balaban J connectivity index is 1.66. The number of para-hydroxylation sites is 1. The monoisotopic (exact) mass is 538 g/mol. The third-order valence-electron chi connectivity index (χ3n) is 6.26. The highest BCUT2D eigenvalue weighted by Crippen LogP contribution is 2.37. The molecular weight excluding hydrogens is 508 g/mol. The van der Waals surface area contributed by atoms with E-state index in [0.717, 1.165) is 21.6 Å². The minimum Gasteiger partial charge on any atom is -0.456 e. The Labute approximate surface area is 231 Å². The highest BCUT2D eigenvalue weighted by Gasteiger charge is 2.24. The van der Waals surface area contributed by atoms with Crippen LogP contribution in [0, 0.1) is 6.92 Å². The topological polar surface area (TPSA) is 81.4 Å². The molecule has 0 fully saturated rings. The summed E-state index contributed by atoms with van der Waals surface area (Å²) in [6, 6.07) is 20.5. The van der Waals surface area contributed by atoms with Crippen molar-refractivity contribution in [3.8, 4) is 21.8 Å². The zero-order valence-electron chi connectivity index (χ0n) is 22.6. The van der Waals surface area contributed by atoms with E-state index in [1.165, 1.54) is 11.3 Å². The lowest BCUT2D eigenvalue weighted by Crippen LogP contribution is -2.24. The average molecular weight is 539 g/mol. The summed E-state index contributed by atoms with van der Waals surface area (Å²) < 4.78 is 12.2. The first kappa shape index (κ1) is 26.4. The van der Waals surface area contributed by atoms with Gasteiger partial charge in [-0.15, -0.1) is 11.3 Å². The molecular formula is C32H30N2O4S. The van der Waals surface area contributed by atoms with Gasteiger partial charge < -0.3 is 14.5 Å². The van der Waals surface area contributed by atoms with E-state index in [1.807, 2.05) is 95.3 Å². The van der Waals surface area contributed by atoms with Crippen LogP contribution in [0.1, 0.15) is 55.2 Å². The molecule has 5 rings (SSSR count). The fourth-order valence-corrected chi connectivity index (χ4v) is 5.24. The molecule has 198 valence electrons. The van der Waals surface area contributed by atoms with Crippen LogP contribution in [0.4, 0.5) is 5.69 Å². The first-order valence-corrected chi connectivity index (χ1v) is 13.6. The smallest absolute Gasteiger partial charge is 0.340 e. The third-order valence-corrected chi connectivity index (χ3v) is 7.05. The van der Waals surface area contributed by atoms with Gasteiger partial charge in [0.1, 0.15) is 16.9 Å². The summed E-state index contributed by atoms with van der Waals surface area (Å²) in [4.78, 5) is 31.9. The Kier molecular flexibility index (Phi) is 7.10. The SMILES string of the molecule is Cc1cc([C@@H](C)Nc2ccccc2C(=O)OC(C)(C)C)c2oc(-c3ccccc3)c(-c3cncs3)c(=O)c2c1. The van der Waals surface area contributed by atoms with Crippen LogP contribution in [-0.4, -0.2) is 16.6 Å². The van der Waals surface area contributed by atoms with Crippen LogP contribution in [0.15, 0.2) is 87.6 Å². The van der Waals surface area contributed by atoms with Crippen molar-refractivity contribution in [3.05, 3.63) is 105 Å². The van der Waals surface area contributed by atoms with Crippen LogP contribution in [0.25, 0.3) is 32.7 Å². The normalized spacial score (nSPS) is 12.3. The van der Waals surface area contributed by atoms with Crippen molar-refractivity contribution < 1.29 is 13.9 Å². The second-order valence-corrected chi connectivity index (χ2v) is 11.4. The number of fused-ring (bicyclic) bond motifs is 1. The van der Waals surface area contributed by atoms with Gasteiger partial charge >= 0.3 is 5.97 Å². The molecule has 2 aromatic heterocycles. The Hall–Kier alpha value is -4.23. The van der Waals surface area contributed by atoms with E-state index in [2.05, 4.69) is 10.3 Å². The number of thiazole rings is 1. The van der Waals surface area contributed by atoms with Gasteiger partial charge in [-0.25, -0.2) is 4.79 Å². The van der Waals surface area contributed by atoms with Crippen LogP contribution >= 0.6 is 11.3 Å². The van der Waals surface area contributed by atoms with Gasteiger partial charge in [-0.2, -0.15) is 0 Å². The molecule has 5 aromatic rings. The number of rotatable bonds is 6. The minimum absolute atomic E-state index is 0.106. The highest BCUT2D eigenvalue weighted by molar-refractivity contribution is 7.13. The molecule has 39 heavy (non-hydrogen) atoms. The molecule has 0 aliphatic rings. The molecule has 0 amide bonds. The summed E-state index contributed by atoms with van der Waals surface area (Å²) in [7, 11) is 0. The number of carbonyl (C=O) groups excluding carboxylic acids is 1. The Bertz CT molecular complexity index is 1700. The zero-order valence-corrected chi connectivity index (χ0v) is 23.4. The number of aromatic nitrogens is 1. The summed E-state index contributed by atoms with van der Waals surface area (Å²) in [6.45, 7) is 9.47. The minimum atomic E-state index is -0.615. The Morgan fingerprint density at radius 3 is 2.46 bits per heavy atom. The van der Waals surface area contributed by atoms with Gasteiger partial charge in [-0.05, 0) is 58.4 Å². The van der Waals surface area contributed by atoms with Crippen LogP contribution < -0.4 is 10.7 Å². The average Bonchev–Trinajstić information content (AvgIpc) is 3.43. The molecule has 0 saturated heterocycles. The summed E-state index contributed by atoms with van der Waals surface area (Å²) >= 11 is 1.40. The molecule has 3 aromatic carbocycles. The van der Waals surface area contributed by atoms with Crippen LogP contribution in [0.3, 0.4) is 0 Å². The van der Waals surface area contributed by atoms with E-state index in [0.29, 0.717) is 33.5 Å². The number of benzene rings is 3. The number of nitrogens with zero attached hydrogens (tertiary/aromatic N) is 1. The van der Waals surface area contributed by atoms with Crippen molar-refractivity contribution in [3.63, 3.8) is 0 Å². The molecule has 0 aliphatic heterocycles. The molecule has 1 N–H and O–H groups in total. The van der Waals surface area contributed by atoms with Crippen LogP contribution in [0.2, 0.25) is 0 Å². The maximum absolute atomic E-state index is 14.0. The molecule has 0 spiro atoms. The van der Waals surface area contributed by atoms with E-state index in [-0.39, 0.29) is 11.5 Å². The lowest BCUT2D eigenvalue weighted by molar-refractivity contribution is 0.00706. The van der Waals surface area contributed by atoms with Crippen LogP contribution in [-0.2, 0) is 4.74 Å². The molecule has 6 nitrogen and oxygen atoms in total. The van der Waals surface area contributed by atoms with Gasteiger partial charge in [-0.1, -0.05) is 48.5 Å². The van der Waals surface area contributed by atoms with Gasteiger partial charge in [-0.3, -0.25) is 9.78 Å². The molecule has 1 atom stereocenters. The van der Waals surface area contributed by atoms with Gasteiger partial charge in [0, 0.05) is 23.0 Å². The second kappa shape index (κ2) is 10.5. The van der Waals surface area contributed by atoms with Gasteiger partial charge in [0.25, 0.3) is 0 Å². The van der Waals surface area contributed by atoms with E-state index in [4.69, 9.17) is 9.15 Å². The highest BCUT2D eigenvalue weighted by atomic mass is 32.1. The fourth-order valence-electron chi connectivity index (χ4n) is 4.58. The van der Waals surface area contributed by atoms with Crippen molar-refractivity contribution in [1.82, 2.24) is 4.98 Å². The largest absolute Gasteiger partial charge is 0.456 e. The van der Waals surface area contributed by atoms with Gasteiger partial charge in [0.15, 0.2) is 0 Å². The molecule has 7 heteroatoms. The van der Waals surface area contributed by atoms with Crippen molar-refractivity contribution in [2.75, 3.05) is 5.32 Å². The van der Waals surface area contributed by atoms with Crippen molar-refractivity contribution in [1.29, 1.82) is 0 Å². The molecule has 0 bridgehead atoms. The second-order valence-electron chi connectivity index (χ2n) is 10.5. The quantitative estimate of drug-likeness (QED) is 0.221. The molecule has 2 heterocycles. The molecule has 0 unspecified atom stereocenters. The predicted molar refractivity (Wildman–Crippen MR) is 157 cm³/mol. The number of hydrogen-bond acceptors (Lipinski definition) is 7. The Morgan fingerprint density at radius 1 is 1.05 bits per heavy atom. The standard InChI is InChI=1S/C32H30N2O4S/c1-19-15-23(20(2)34-25-14-10-9-13-22(25)31(36)38-32(3,4)5)30-24(16-19)28(35)27(26-17-33-18-39-26)29(37-30)21-11-7-6-8-12-21/h6-18,20,34H,1-5H3/t20-/m1/s1. The summed E-state index contributed by atoms with van der Waals surface area (Å²) in [5, 5.41) is 3.96. The molecule has 0 radical (unpaired) electrons. The van der Waals surface area contributed by atoms with Crippen LogP contribution in [0.5, 0.6) is 0 Å². The number of esters is 1. The zero-order chi connectivity index (χ0) is 27.7. The lowest BCUT2D eigenvalue weighted by Gasteiger charge is -2.23. The summed E-state index contributed by atoms with van der Waals surface area (Å²) in [5.41, 5.74) is 5.63. The van der Waals surface area contributed by atoms with Gasteiger partial charge in [0.05, 0.1) is 32.9 Å². The predicted octanol–water partition coefficient (Wildman–Crippen LogP) is 8.02. The first-order chi connectivity index (χ1) is 18.6. The number of aryl methyl sites for hydroxylation is 1. The van der Waals surface area contributed by atoms with Crippen molar-refractivity contribution in [2.45, 2.75) is 46.3 Å². The Morgan fingerprint density at radius 2 is 1.77 bits per heavy atom. The molecule has 0 saturated carbocycles. The van der Waals surface area contributed by atoms with E-state index < -0.39 is 11.6 Å². The summed E-state index contributed by atoms with van der Waals surface area (Å²) in [5.74, 6) is 0.0998. The van der Waals surface area contributed by atoms with E-state index in [9.17, 15) is 9.59 Å². The fraction of sp³-hybridized carbons (Fsp3) is 0.219.